The molecule has 0 aliphatic rings. The molecule has 0 aromatic heterocycles. The maximum atomic E-state index is 14.5. The van der Waals surface area contributed by atoms with Crippen molar-refractivity contribution in [3.05, 3.63) is 65.0 Å². The highest BCUT2D eigenvalue weighted by Gasteiger charge is 2.29. The van der Waals surface area contributed by atoms with Gasteiger partial charge >= 0.3 is 0 Å². The number of rotatable bonds is 6. The summed E-state index contributed by atoms with van der Waals surface area (Å²) in [7, 11) is 0. The molecule has 150 valence electrons. The fraction of sp³-hybridized carbons (Fsp3) is 0.263. The SMILES string of the molecule is CC(C)(CO)NC(=O)C(F)c1cc(C(=O)Nc2ccc(F)c(F)c2)ccc1F. The molecule has 9 heteroatoms. The van der Waals surface area contributed by atoms with Crippen LogP contribution in [-0.4, -0.2) is 29.1 Å². The summed E-state index contributed by atoms with van der Waals surface area (Å²) in [6.45, 7) is 2.42. The number of aliphatic hydroxyl groups is 1. The van der Waals surface area contributed by atoms with Gasteiger partial charge in [0.2, 0.25) is 6.17 Å². The Kier molecular flexibility index (Phi) is 6.40. The van der Waals surface area contributed by atoms with Crippen molar-refractivity contribution in [3.63, 3.8) is 0 Å². The van der Waals surface area contributed by atoms with Crippen LogP contribution in [0.2, 0.25) is 0 Å². The van der Waals surface area contributed by atoms with E-state index in [1.807, 2.05) is 0 Å². The van der Waals surface area contributed by atoms with Crippen molar-refractivity contribution in [1.29, 1.82) is 0 Å². The highest BCUT2D eigenvalue weighted by Crippen LogP contribution is 2.24. The summed E-state index contributed by atoms with van der Waals surface area (Å²) < 4.78 is 54.6. The summed E-state index contributed by atoms with van der Waals surface area (Å²) in [6.07, 6.45) is -2.43. The average Bonchev–Trinajstić information content (AvgIpc) is 2.64. The topological polar surface area (TPSA) is 78.4 Å². The van der Waals surface area contributed by atoms with Crippen molar-refractivity contribution in [2.45, 2.75) is 25.6 Å². The Morgan fingerprint density at radius 3 is 2.29 bits per heavy atom. The molecule has 2 amide bonds. The number of nitrogens with one attached hydrogen (secondary N) is 2. The van der Waals surface area contributed by atoms with Crippen LogP contribution in [0.1, 0.15) is 35.9 Å². The molecule has 5 nitrogen and oxygen atoms in total. The molecule has 2 aromatic rings. The third-order valence-electron chi connectivity index (χ3n) is 3.80. The lowest BCUT2D eigenvalue weighted by molar-refractivity contribution is -0.128. The van der Waals surface area contributed by atoms with E-state index in [0.29, 0.717) is 0 Å². The van der Waals surface area contributed by atoms with Gasteiger partial charge in [-0.3, -0.25) is 9.59 Å². The Morgan fingerprint density at radius 2 is 1.68 bits per heavy atom. The molecule has 0 radical (unpaired) electrons. The average molecular weight is 398 g/mol. The Bertz CT molecular complexity index is 903. The molecular weight excluding hydrogens is 380 g/mol. The molecule has 0 saturated carbocycles. The zero-order valence-corrected chi connectivity index (χ0v) is 15.0. The molecule has 1 atom stereocenters. The molecule has 3 N–H and O–H groups in total. The summed E-state index contributed by atoms with van der Waals surface area (Å²) in [4.78, 5) is 24.2. The molecule has 0 saturated heterocycles. The molecule has 0 heterocycles. The van der Waals surface area contributed by atoms with E-state index in [4.69, 9.17) is 5.11 Å². The van der Waals surface area contributed by atoms with Gasteiger partial charge in [-0.25, -0.2) is 17.6 Å². The number of aliphatic hydroxyl groups excluding tert-OH is 1. The molecule has 0 aliphatic heterocycles. The van der Waals surface area contributed by atoms with Gasteiger partial charge in [-0.2, -0.15) is 0 Å². The first-order chi connectivity index (χ1) is 13.0. The van der Waals surface area contributed by atoms with Gasteiger partial charge in [0, 0.05) is 22.9 Å². The predicted octanol–water partition coefficient (Wildman–Crippen LogP) is 3.25. The first-order valence-corrected chi connectivity index (χ1v) is 8.17. The molecule has 0 fully saturated rings. The van der Waals surface area contributed by atoms with Crippen molar-refractivity contribution >= 4 is 17.5 Å². The zero-order chi connectivity index (χ0) is 21.1. The number of carbonyl (C=O) groups is 2. The van der Waals surface area contributed by atoms with Gasteiger partial charge in [0.25, 0.3) is 11.8 Å². The maximum Gasteiger partial charge on any atom is 0.259 e. The van der Waals surface area contributed by atoms with E-state index < -0.39 is 53.1 Å². The highest BCUT2D eigenvalue weighted by molar-refractivity contribution is 6.04. The number of anilines is 1. The summed E-state index contributed by atoms with van der Waals surface area (Å²) >= 11 is 0. The smallest absolute Gasteiger partial charge is 0.259 e. The largest absolute Gasteiger partial charge is 0.394 e. The zero-order valence-electron chi connectivity index (χ0n) is 15.0. The van der Waals surface area contributed by atoms with E-state index in [1.54, 1.807) is 0 Å². The van der Waals surface area contributed by atoms with Gasteiger partial charge in [0.05, 0.1) is 12.1 Å². The molecule has 1 unspecified atom stereocenters. The van der Waals surface area contributed by atoms with Gasteiger partial charge in [-0.05, 0) is 44.2 Å². The number of halogens is 4. The predicted molar refractivity (Wildman–Crippen MR) is 93.9 cm³/mol. The Balaban J connectivity index is 2.22. The molecule has 28 heavy (non-hydrogen) atoms. The molecular formula is C19H18F4N2O3. The number of hydrogen-bond donors (Lipinski definition) is 3. The van der Waals surface area contributed by atoms with Gasteiger partial charge in [-0.15, -0.1) is 0 Å². The van der Waals surface area contributed by atoms with Gasteiger partial charge in [0.1, 0.15) is 5.82 Å². The van der Waals surface area contributed by atoms with Crippen LogP contribution in [0, 0.1) is 17.5 Å². The minimum atomic E-state index is -2.43. The van der Waals surface area contributed by atoms with Crippen LogP contribution in [0.4, 0.5) is 23.2 Å². The minimum Gasteiger partial charge on any atom is -0.394 e. The lowest BCUT2D eigenvalue weighted by atomic mass is 10.0. The quantitative estimate of drug-likeness (QED) is 0.654. The summed E-state index contributed by atoms with van der Waals surface area (Å²) in [5, 5.41) is 13.6. The maximum absolute atomic E-state index is 14.5. The van der Waals surface area contributed by atoms with E-state index in [1.165, 1.54) is 13.8 Å². The van der Waals surface area contributed by atoms with Crippen LogP contribution >= 0.6 is 0 Å². The second-order valence-corrected chi connectivity index (χ2v) is 6.71. The lowest BCUT2D eigenvalue weighted by Crippen LogP contribution is -2.47. The fourth-order valence-corrected chi connectivity index (χ4v) is 2.23. The number of hydrogen-bond acceptors (Lipinski definition) is 3. The van der Waals surface area contributed by atoms with Gasteiger partial charge in [-0.1, -0.05) is 0 Å². The van der Waals surface area contributed by atoms with E-state index in [0.717, 1.165) is 36.4 Å². The first-order valence-electron chi connectivity index (χ1n) is 8.17. The Labute approximate surface area is 158 Å². The van der Waals surface area contributed by atoms with E-state index >= 15 is 0 Å². The van der Waals surface area contributed by atoms with Crippen LogP contribution in [-0.2, 0) is 4.79 Å². The van der Waals surface area contributed by atoms with E-state index in [-0.39, 0.29) is 11.3 Å². The second kappa shape index (κ2) is 8.39. The number of carbonyl (C=O) groups excluding carboxylic acids is 2. The lowest BCUT2D eigenvalue weighted by Gasteiger charge is -2.24. The van der Waals surface area contributed by atoms with Crippen LogP contribution in [0.3, 0.4) is 0 Å². The van der Waals surface area contributed by atoms with Gasteiger partial charge < -0.3 is 15.7 Å². The first kappa shape index (κ1) is 21.4. The number of benzene rings is 2. The normalized spacial score (nSPS) is 12.4. The molecule has 2 rings (SSSR count). The van der Waals surface area contributed by atoms with Crippen LogP contribution < -0.4 is 10.6 Å². The molecule has 2 aromatic carbocycles. The van der Waals surface area contributed by atoms with Crippen LogP contribution in [0.25, 0.3) is 0 Å². The van der Waals surface area contributed by atoms with Crippen molar-refractivity contribution in [1.82, 2.24) is 5.32 Å². The molecule has 0 bridgehead atoms. The van der Waals surface area contributed by atoms with Gasteiger partial charge in [0.15, 0.2) is 11.6 Å². The Hall–Kier alpha value is -2.94. The van der Waals surface area contributed by atoms with Crippen molar-refractivity contribution in [2.75, 3.05) is 11.9 Å². The van der Waals surface area contributed by atoms with Crippen molar-refractivity contribution < 1.29 is 32.3 Å². The third-order valence-corrected chi connectivity index (χ3v) is 3.80. The second-order valence-electron chi connectivity index (χ2n) is 6.71. The van der Waals surface area contributed by atoms with Crippen LogP contribution in [0.5, 0.6) is 0 Å². The summed E-state index contributed by atoms with van der Waals surface area (Å²) in [5.74, 6) is -5.34. The molecule has 0 aliphatic carbocycles. The standard InChI is InChI=1S/C19H18F4N2O3/c1-19(2,9-26)25-18(28)16(23)12-7-10(3-5-13(12)20)17(27)24-11-4-6-14(21)15(22)8-11/h3-8,16,26H,9H2,1-2H3,(H,24,27)(H,25,28). The number of alkyl halides is 1. The summed E-state index contributed by atoms with van der Waals surface area (Å²) in [6, 6.07) is 5.39. The van der Waals surface area contributed by atoms with Crippen molar-refractivity contribution in [3.8, 4) is 0 Å². The minimum absolute atomic E-state index is 0.0611. The fourth-order valence-electron chi connectivity index (χ4n) is 2.23. The monoisotopic (exact) mass is 398 g/mol. The van der Waals surface area contributed by atoms with E-state index in [9.17, 15) is 27.2 Å². The van der Waals surface area contributed by atoms with Crippen molar-refractivity contribution in [2.24, 2.45) is 0 Å². The Morgan fingerprint density at radius 1 is 1.04 bits per heavy atom. The third kappa shape index (κ3) is 5.07. The van der Waals surface area contributed by atoms with E-state index in [2.05, 4.69) is 10.6 Å². The summed E-state index contributed by atoms with van der Waals surface area (Å²) in [5.41, 5.74) is -2.06. The number of amides is 2. The highest BCUT2D eigenvalue weighted by atomic mass is 19.2. The molecule has 0 spiro atoms. The van der Waals surface area contributed by atoms with Crippen LogP contribution in [0.15, 0.2) is 36.4 Å².